The second-order valence-electron chi connectivity index (χ2n) is 3.92. The van der Waals surface area contributed by atoms with Crippen molar-refractivity contribution in [3.63, 3.8) is 0 Å². The van der Waals surface area contributed by atoms with E-state index < -0.39 is 17.9 Å². The average Bonchev–Trinajstić information content (AvgIpc) is 2.38. The lowest BCUT2D eigenvalue weighted by atomic mass is 9.99. The first kappa shape index (κ1) is 14.6. The number of hydrogen-bond donors (Lipinski definition) is 1. The topological polar surface area (TPSA) is 52.3 Å². The maximum Gasteiger partial charge on any atom is 0.379 e. The first-order chi connectivity index (χ1) is 8.43. The number of alkyl halides is 2. The summed E-state index contributed by atoms with van der Waals surface area (Å²) in [6.07, 6.45) is 0.809. The van der Waals surface area contributed by atoms with E-state index in [1.54, 1.807) is 12.1 Å². The molecule has 0 unspecified atom stereocenters. The zero-order chi connectivity index (χ0) is 13.8. The van der Waals surface area contributed by atoms with E-state index in [9.17, 15) is 13.6 Å². The minimum Gasteiger partial charge on any atom is -0.462 e. The Hall–Kier alpha value is -1.49. The molecule has 0 bridgehead atoms. The fraction of sp³-hybridized carbons (Fsp3) is 0.462. The summed E-state index contributed by atoms with van der Waals surface area (Å²) in [5.74, 6) is -5.30. The minimum atomic E-state index is -3.72. The van der Waals surface area contributed by atoms with Crippen LogP contribution in [0.25, 0.3) is 0 Å². The van der Waals surface area contributed by atoms with Crippen molar-refractivity contribution in [2.24, 2.45) is 5.73 Å². The molecular weight excluding hydrogens is 240 g/mol. The molecule has 100 valence electrons. The van der Waals surface area contributed by atoms with Crippen LogP contribution in [0.2, 0.25) is 0 Å². The van der Waals surface area contributed by atoms with Gasteiger partial charge in [0, 0.05) is 0 Å². The molecule has 2 N–H and O–H groups in total. The van der Waals surface area contributed by atoms with Gasteiger partial charge in [-0.2, -0.15) is 8.78 Å². The molecule has 0 aliphatic rings. The smallest absolute Gasteiger partial charge is 0.379 e. The lowest BCUT2D eigenvalue weighted by Crippen LogP contribution is -2.41. The number of nitrogens with two attached hydrogens (primary N) is 1. The highest BCUT2D eigenvalue weighted by Crippen LogP contribution is 2.30. The third-order valence-corrected chi connectivity index (χ3v) is 2.69. The van der Waals surface area contributed by atoms with Crippen LogP contribution in [0.5, 0.6) is 0 Å². The molecule has 0 fully saturated rings. The van der Waals surface area contributed by atoms with Crippen LogP contribution >= 0.6 is 0 Å². The number of benzene rings is 1. The summed E-state index contributed by atoms with van der Waals surface area (Å²) < 4.78 is 31.7. The Morgan fingerprint density at radius 1 is 1.33 bits per heavy atom. The highest BCUT2D eigenvalue weighted by Gasteiger charge is 2.47. The van der Waals surface area contributed by atoms with Crippen LogP contribution in [-0.2, 0) is 16.0 Å². The number of esters is 1. The number of halogens is 2. The summed E-state index contributed by atoms with van der Waals surface area (Å²) in [5, 5.41) is 0. The number of ether oxygens (including phenoxy) is 1. The van der Waals surface area contributed by atoms with Crippen molar-refractivity contribution in [2.75, 3.05) is 6.61 Å². The maximum atomic E-state index is 13.7. The number of aryl methyl sites for hydroxylation is 1. The molecule has 0 aromatic heterocycles. The maximum absolute atomic E-state index is 13.7. The summed E-state index contributed by atoms with van der Waals surface area (Å²) in [6.45, 7) is 3.33. The predicted molar refractivity (Wildman–Crippen MR) is 64.3 cm³/mol. The van der Waals surface area contributed by atoms with Gasteiger partial charge in [0.2, 0.25) is 0 Å². The van der Waals surface area contributed by atoms with Gasteiger partial charge < -0.3 is 10.5 Å². The summed E-state index contributed by atoms with van der Waals surface area (Å²) >= 11 is 0. The molecule has 1 rings (SSSR count). The van der Waals surface area contributed by atoms with Crippen molar-refractivity contribution in [1.82, 2.24) is 0 Å². The largest absolute Gasteiger partial charge is 0.462 e. The summed E-state index contributed by atoms with van der Waals surface area (Å²) in [6, 6.07) is 4.77. The molecule has 0 saturated carbocycles. The molecule has 1 aromatic carbocycles. The molecule has 1 atom stereocenters. The molecule has 0 aliphatic heterocycles. The lowest BCUT2D eigenvalue weighted by Gasteiger charge is -2.22. The van der Waals surface area contributed by atoms with Gasteiger partial charge in [-0.1, -0.05) is 31.2 Å². The Morgan fingerprint density at radius 3 is 2.33 bits per heavy atom. The first-order valence-electron chi connectivity index (χ1n) is 5.82. The standard InChI is InChI=1S/C13H17F2NO2/c1-3-9-5-7-10(8-6-9)11(16)13(14,15)12(17)18-4-2/h5-8,11H,3-4,16H2,1-2H3/t11-/m1/s1. The first-order valence-corrected chi connectivity index (χ1v) is 5.82. The Bertz CT molecular complexity index is 404. The van der Waals surface area contributed by atoms with E-state index in [-0.39, 0.29) is 12.2 Å². The van der Waals surface area contributed by atoms with Gasteiger partial charge in [0.05, 0.1) is 6.61 Å². The van der Waals surface area contributed by atoms with E-state index in [4.69, 9.17) is 5.73 Å². The fourth-order valence-corrected chi connectivity index (χ4v) is 1.52. The van der Waals surface area contributed by atoms with Crippen molar-refractivity contribution in [2.45, 2.75) is 32.2 Å². The average molecular weight is 257 g/mol. The molecule has 0 radical (unpaired) electrons. The number of rotatable bonds is 5. The van der Waals surface area contributed by atoms with Crippen molar-refractivity contribution in [3.8, 4) is 0 Å². The van der Waals surface area contributed by atoms with Crippen LogP contribution in [0.3, 0.4) is 0 Å². The quantitative estimate of drug-likeness (QED) is 0.824. The van der Waals surface area contributed by atoms with Crippen molar-refractivity contribution in [1.29, 1.82) is 0 Å². The van der Waals surface area contributed by atoms with Gasteiger partial charge in [0.25, 0.3) is 0 Å². The third kappa shape index (κ3) is 3.04. The molecule has 0 heterocycles. The Morgan fingerprint density at radius 2 is 1.89 bits per heavy atom. The lowest BCUT2D eigenvalue weighted by molar-refractivity contribution is -0.174. The molecule has 1 aromatic rings. The second kappa shape index (κ2) is 5.91. The Labute approximate surface area is 105 Å². The highest BCUT2D eigenvalue weighted by atomic mass is 19.3. The van der Waals surface area contributed by atoms with E-state index in [1.165, 1.54) is 19.1 Å². The van der Waals surface area contributed by atoms with E-state index in [2.05, 4.69) is 4.74 Å². The van der Waals surface area contributed by atoms with Crippen LogP contribution < -0.4 is 5.73 Å². The molecule has 3 nitrogen and oxygen atoms in total. The zero-order valence-electron chi connectivity index (χ0n) is 10.5. The molecule has 0 amide bonds. The van der Waals surface area contributed by atoms with Gasteiger partial charge >= 0.3 is 11.9 Å². The predicted octanol–water partition coefficient (Wildman–Crippen LogP) is 2.45. The third-order valence-electron chi connectivity index (χ3n) is 2.69. The van der Waals surface area contributed by atoms with E-state index in [1.807, 2.05) is 6.92 Å². The van der Waals surface area contributed by atoms with Gasteiger partial charge in [-0.05, 0) is 24.5 Å². The van der Waals surface area contributed by atoms with Gasteiger partial charge in [0.1, 0.15) is 6.04 Å². The molecule has 5 heteroatoms. The number of carbonyl (C=O) groups is 1. The van der Waals surface area contributed by atoms with Crippen LogP contribution in [0.1, 0.15) is 31.0 Å². The van der Waals surface area contributed by atoms with Gasteiger partial charge in [-0.15, -0.1) is 0 Å². The molecule has 0 aliphatic carbocycles. The number of carbonyl (C=O) groups excluding carboxylic acids is 1. The molecular formula is C13H17F2NO2. The molecule has 0 saturated heterocycles. The molecule has 0 spiro atoms. The van der Waals surface area contributed by atoms with Crippen molar-refractivity contribution in [3.05, 3.63) is 35.4 Å². The van der Waals surface area contributed by atoms with Crippen molar-refractivity contribution >= 4 is 5.97 Å². The monoisotopic (exact) mass is 257 g/mol. The summed E-state index contributed by atoms with van der Waals surface area (Å²) in [4.78, 5) is 11.2. The van der Waals surface area contributed by atoms with Crippen LogP contribution in [0.15, 0.2) is 24.3 Å². The minimum absolute atomic E-state index is 0.101. The van der Waals surface area contributed by atoms with Crippen molar-refractivity contribution < 1.29 is 18.3 Å². The number of hydrogen-bond acceptors (Lipinski definition) is 3. The summed E-state index contributed by atoms with van der Waals surface area (Å²) in [5.41, 5.74) is 6.68. The normalized spacial score (nSPS) is 13.2. The Balaban J connectivity index is 2.90. The van der Waals surface area contributed by atoms with Crippen LogP contribution in [-0.4, -0.2) is 18.5 Å². The second-order valence-corrected chi connectivity index (χ2v) is 3.92. The van der Waals surface area contributed by atoms with Gasteiger partial charge in [0.15, 0.2) is 0 Å². The van der Waals surface area contributed by atoms with Gasteiger partial charge in [-0.25, -0.2) is 4.79 Å². The fourth-order valence-electron chi connectivity index (χ4n) is 1.52. The van der Waals surface area contributed by atoms with Gasteiger partial charge in [-0.3, -0.25) is 0 Å². The Kier molecular flexibility index (Phi) is 4.78. The SMILES string of the molecule is CCOC(=O)C(F)(F)[C@H](N)c1ccc(CC)cc1. The molecule has 18 heavy (non-hydrogen) atoms. The zero-order valence-corrected chi connectivity index (χ0v) is 10.5. The van der Waals surface area contributed by atoms with Crippen LogP contribution in [0.4, 0.5) is 8.78 Å². The highest BCUT2D eigenvalue weighted by molar-refractivity contribution is 5.78. The van der Waals surface area contributed by atoms with E-state index in [0.29, 0.717) is 0 Å². The van der Waals surface area contributed by atoms with E-state index in [0.717, 1.165) is 12.0 Å². The summed E-state index contributed by atoms with van der Waals surface area (Å²) in [7, 11) is 0. The van der Waals surface area contributed by atoms with Crippen LogP contribution in [0, 0.1) is 0 Å². The van der Waals surface area contributed by atoms with E-state index >= 15 is 0 Å².